The van der Waals surface area contributed by atoms with E-state index >= 15 is 0 Å². The van der Waals surface area contributed by atoms with Gasteiger partial charge in [0.2, 0.25) is 5.91 Å². The maximum atomic E-state index is 12.2. The Labute approximate surface area is 173 Å². The summed E-state index contributed by atoms with van der Waals surface area (Å²) >= 11 is 1.43. The van der Waals surface area contributed by atoms with Gasteiger partial charge in [-0.3, -0.25) is 4.79 Å². The fourth-order valence-electron chi connectivity index (χ4n) is 3.17. The van der Waals surface area contributed by atoms with Crippen molar-refractivity contribution in [3.05, 3.63) is 46.2 Å². The fraction of sp³-hybridized carbons (Fsp3) is 0.381. The zero-order valence-electron chi connectivity index (χ0n) is 16.2. The zero-order chi connectivity index (χ0) is 20.6. The van der Waals surface area contributed by atoms with Crippen LogP contribution in [0.3, 0.4) is 0 Å². The number of amides is 2. The molecule has 0 spiro atoms. The number of nitrogens with one attached hydrogen (secondary N) is 2. The van der Waals surface area contributed by atoms with Gasteiger partial charge in [-0.1, -0.05) is 6.92 Å². The highest BCUT2D eigenvalue weighted by molar-refractivity contribution is 7.16. The normalized spacial score (nSPS) is 15.5. The standard InChI is InChI=1S/C21H23N3O4S/c1-2-8-23-21(26)28-13-15-3-5-16-17(11-22)20(29-18(16)10-15)24-19(25)6-4-14-7-9-27-12-14/h4,6-7,9,12,15H,2-3,5,8,10,13H2,1H3,(H,23,26)(H,24,25). The van der Waals surface area contributed by atoms with Gasteiger partial charge in [-0.05, 0) is 49.3 Å². The largest absolute Gasteiger partial charge is 0.472 e. The molecule has 1 aliphatic rings. The van der Waals surface area contributed by atoms with E-state index in [0.29, 0.717) is 23.7 Å². The SMILES string of the molecule is CCCNC(=O)OCC1CCc2c(sc(NC(=O)C=Cc3ccoc3)c2C#N)C1. The lowest BCUT2D eigenvalue weighted by Crippen LogP contribution is -2.28. The van der Waals surface area contributed by atoms with E-state index < -0.39 is 0 Å². The van der Waals surface area contributed by atoms with Crippen LogP contribution in [0.5, 0.6) is 0 Å². The van der Waals surface area contributed by atoms with Crippen LogP contribution in [0.2, 0.25) is 0 Å². The Morgan fingerprint density at radius 3 is 3.07 bits per heavy atom. The molecule has 8 heteroatoms. The van der Waals surface area contributed by atoms with Crippen LogP contribution < -0.4 is 10.6 Å². The van der Waals surface area contributed by atoms with Crippen LogP contribution in [0, 0.1) is 17.2 Å². The number of thiophene rings is 1. The number of alkyl carbamates (subject to hydrolysis) is 1. The molecule has 0 fully saturated rings. The summed E-state index contributed by atoms with van der Waals surface area (Å²) in [4.78, 5) is 24.9. The number of carbonyl (C=O) groups is 2. The molecule has 1 aliphatic carbocycles. The minimum absolute atomic E-state index is 0.213. The molecule has 2 N–H and O–H groups in total. The summed E-state index contributed by atoms with van der Waals surface area (Å²) in [6.07, 6.45) is 8.92. The second-order valence-corrected chi connectivity index (χ2v) is 7.94. The Hall–Kier alpha value is -3.05. The molecule has 2 amide bonds. The Bertz CT molecular complexity index is 925. The van der Waals surface area contributed by atoms with Gasteiger partial charge in [-0.25, -0.2) is 4.79 Å². The lowest BCUT2D eigenvalue weighted by atomic mass is 9.88. The first-order valence-corrected chi connectivity index (χ1v) is 10.4. The van der Waals surface area contributed by atoms with Crippen LogP contribution >= 0.6 is 11.3 Å². The Morgan fingerprint density at radius 2 is 2.34 bits per heavy atom. The van der Waals surface area contributed by atoms with Crippen molar-refractivity contribution >= 4 is 34.4 Å². The Balaban J connectivity index is 1.61. The number of fused-ring (bicyclic) bond motifs is 1. The molecule has 3 rings (SSSR count). The molecule has 2 aromatic rings. The third kappa shape index (κ3) is 5.48. The van der Waals surface area contributed by atoms with E-state index in [4.69, 9.17) is 9.15 Å². The van der Waals surface area contributed by atoms with Crippen LogP contribution in [-0.4, -0.2) is 25.2 Å². The van der Waals surface area contributed by atoms with E-state index in [2.05, 4.69) is 16.7 Å². The summed E-state index contributed by atoms with van der Waals surface area (Å²) in [7, 11) is 0. The van der Waals surface area contributed by atoms with Crippen molar-refractivity contribution in [3.8, 4) is 6.07 Å². The van der Waals surface area contributed by atoms with Crippen LogP contribution in [0.1, 0.15) is 41.3 Å². The molecular weight excluding hydrogens is 390 g/mol. The van der Waals surface area contributed by atoms with E-state index in [0.717, 1.165) is 41.7 Å². The third-order valence-corrected chi connectivity index (χ3v) is 5.83. The molecule has 29 heavy (non-hydrogen) atoms. The molecule has 0 radical (unpaired) electrons. The van der Waals surface area contributed by atoms with Crippen molar-refractivity contribution in [3.63, 3.8) is 0 Å². The first-order chi connectivity index (χ1) is 14.1. The molecule has 7 nitrogen and oxygen atoms in total. The van der Waals surface area contributed by atoms with E-state index in [9.17, 15) is 14.9 Å². The van der Waals surface area contributed by atoms with Gasteiger partial charge in [0.15, 0.2) is 0 Å². The van der Waals surface area contributed by atoms with Crippen LogP contribution in [0.4, 0.5) is 9.80 Å². The fourth-order valence-corrected chi connectivity index (χ4v) is 4.49. The summed E-state index contributed by atoms with van der Waals surface area (Å²) in [5, 5.41) is 15.7. The minimum atomic E-state index is -0.390. The number of carbonyl (C=O) groups excluding carboxylic acids is 2. The van der Waals surface area contributed by atoms with Crippen molar-refractivity contribution in [1.82, 2.24) is 5.32 Å². The molecule has 1 atom stereocenters. The van der Waals surface area contributed by atoms with E-state index in [-0.39, 0.29) is 17.9 Å². The van der Waals surface area contributed by atoms with Gasteiger partial charge < -0.3 is 19.8 Å². The smallest absolute Gasteiger partial charge is 0.407 e. The second-order valence-electron chi connectivity index (χ2n) is 6.83. The number of furan rings is 1. The highest BCUT2D eigenvalue weighted by Crippen LogP contribution is 2.39. The number of rotatable bonds is 7. The van der Waals surface area contributed by atoms with E-state index in [1.807, 2.05) is 6.92 Å². The minimum Gasteiger partial charge on any atom is -0.472 e. The summed E-state index contributed by atoms with van der Waals surface area (Å²) in [5.74, 6) is -0.0848. The summed E-state index contributed by atoms with van der Waals surface area (Å²) in [6.45, 7) is 2.93. The Morgan fingerprint density at radius 1 is 1.48 bits per heavy atom. The molecule has 0 aromatic carbocycles. The molecule has 0 aliphatic heterocycles. The number of anilines is 1. The van der Waals surface area contributed by atoms with E-state index in [1.54, 1.807) is 18.4 Å². The van der Waals surface area contributed by atoms with Gasteiger partial charge in [0.25, 0.3) is 0 Å². The quantitative estimate of drug-likeness (QED) is 0.665. The number of nitrogens with zero attached hydrogens (tertiary/aromatic N) is 1. The maximum Gasteiger partial charge on any atom is 0.407 e. The zero-order valence-corrected chi connectivity index (χ0v) is 17.0. The first kappa shape index (κ1) is 20.7. The average Bonchev–Trinajstić information content (AvgIpc) is 3.35. The van der Waals surface area contributed by atoms with Crippen molar-refractivity contribution in [2.75, 3.05) is 18.5 Å². The van der Waals surface area contributed by atoms with Crippen LogP contribution in [0.15, 0.2) is 29.1 Å². The van der Waals surface area contributed by atoms with Gasteiger partial charge in [0, 0.05) is 23.1 Å². The topological polar surface area (TPSA) is 104 Å². The third-order valence-electron chi connectivity index (χ3n) is 4.66. The predicted octanol–water partition coefficient (Wildman–Crippen LogP) is 4.11. The number of hydrogen-bond donors (Lipinski definition) is 2. The predicted molar refractivity (Wildman–Crippen MR) is 111 cm³/mol. The van der Waals surface area contributed by atoms with Gasteiger partial charge in [-0.15, -0.1) is 11.3 Å². The van der Waals surface area contributed by atoms with Crippen molar-refractivity contribution in [1.29, 1.82) is 5.26 Å². The van der Waals surface area contributed by atoms with Gasteiger partial charge >= 0.3 is 6.09 Å². The lowest BCUT2D eigenvalue weighted by molar-refractivity contribution is -0.111. The van der Waals surface area contributed by atoms with Gasteiger partial charge in [0.05, 0.1) is 24.7 Å². The highest BCUT2D eigenvalue weighted by atomic mass is 32.1. The molecule has 0 bridgehead atoms. The lowest BCUT2D eigenvalue weighted by Gasteiger charge is -2.21. The average molecular weight is 413 g/mol. The number of hydrogen-bond acceptors (Lipinski definition) is 6. The summed E-state index contributed by atoms with van der Waals surface area (Å²) in [6, 6.07) is 3.98. The van der Waals surface area contributed by atoms with Gasteiger partial charge in [-0.2, -0.15) is 5.26 Å². The van der Waals surface area contributed by atoms with Crippen molar-refractivity contribution in [2.45, 2.75) is 32.6 Å². The highest BCUT2D eigenvalue weighted by Gasteiger charge is 2.27. The Kier molecular flexibility index (Phi) is 7.09. The van der Waals surface area contributed by atoms with E-state index in [1.165, 1.54) is 23.7 Å². The molecule has 0 saturated carbocycles. The summed E-state index contributed by atoms with van der Waals surface area (Å²) in [5.41, 5.74) is 2.32. The monoisotopic (exact) mass is 413 g/mol. The molecule has 152 valence electrons. The molecule has 1 unspecified atom stereocenters. The molecule has 0 saturated heterocycles. The molecule has 2 aromatic heterocycles. The number of ether oxygens (including phenoxy) is 1. The summed E-state index contributed by atoms with van der Waals surface area (Å²) < 4.78 is 10.3. The van der Waals surface area contributed by atoms with Crippen LogP contribution in [0.25, 0.3) is 6.08 Å². The number of nitriles is 1. The maximum absolute atomic E-state index is 12.2. The van der Waals surface area contributed by atoms with Crippen LogP contribution in [-0.2, 0) is 22.4 Å². The van der Waals surface area contributed by atoms with Crippen molar-refractivity contribution in [2.24, 2.45) is 5.92 Å². The first-order valence-electron chi connectivity index (χ1n) is 9.57. The molecular formula is C21H23N3O4S. The van der Waals surface area contributed by atoms with Crippen molar-refractivity contribution < 1.29 is 18.7 Å². The second kappa shape index (κ2) is 9.94. The van der Waals surface area contributed by atoms with Gasteiger partial charge in [0.1, 0.15) is 11.1 Å². The molecule has 2 heterocycles.